The summed E-state index contributed by atoms with van der Waals surface area (Å²) in [5.74, 6) is -2.46. The minimum atomic E-state index is -0.938. The molecule has 2 aromatic heterocycles. The fraction of sp³-hybridized carbons (Fsp3) is 0.316. The molecule has 0 fully saturated rings. The molecule has 158 valence electrons. The molecule has 3 aromatic rings. The third-order valence-electron chi connectivity index (χ3n) is 4.25. The standard InChI is InChI=1S/C19H20F2N6O3/c20-12-4-5-13(14(21)9-12)19(29)23-6-1-3-15(28)30-8-2-7-27-11-26-16-17(22)24-10-25-18(16)27/h4-5,9-11H,1-3,6-8H2,(H,23,29)(H2,22,24,25). The van der Waals surface area contributed by atoms with E-state index >= 15 is 0 Å². The highest BCUT2D eigenvalue weighted by atomic mass is 19.1. The van der Waals surface area contributed by atoms with Crippen molar-refractivity contribution in [2.45, 2.75) is 25.8 Å². The van der Waals surface area contributed by atoms with E-state index in [1.807, 2.05) is 0 Å². The van der Waals surface area contributed by atoms with Gasteiger partial charge in [-0.2, -0.15) is 0 Å². The number of nitrogen functional groups attached to an aromatic ring is 1. The Kier molecular flexibility index (Phi) is 6.83. The summed E-state index contributed by atoms with van der Waals surface area (Å²) in [6.45, 7) is 0.915. The molecular formula is C19H20F2N6O3. The minimum absolute atomic E-state index is 0.101. The number of fused-ring (bicyclic) bond motifs is 1. The second-order valence-electron chi connectivity index (χ2n) is 6.43. The number of aryl methyl sites for hydroxylation is 1. The van der Waals surface area contributed by atoms with Crippen LogP contribution in [0.15, 0.2) is 30.9 Å². The summed E-state index contributed by atoms with van der Waals surface area (Å²) in [7, 11) is 0. The van der Waals surface area contributed by atoms with Gasteiger partial charge < -0.3 is 20.4 Å². The topological polar surface area (TPSA) is 125 Å². The highest BCUT2D eigenvalue weighted by Gasteiger charge is 2.12. The van der Waals surface area contributed by atoms with Crippen LogP contribution in [0.4, 0.5) is 14.6 Å². The Morgan fingerprint density at radius 3 is 2.80 bits per heavy atom. The third-order valence-corrected chi connectivity index (χ3v) is 4.25. The monoisotopic (exact) mass is 418 g/mol. The SMILES string of the molecule is Nc1ncnc2c1ncn2CCCOC(=O)CCCNC(=O)c1ccc(F)cc1F. The Bertz CT molecular complexity index is 1060. The predicted molar refractivity (Wildman–Crippen MR) is 103 cm³/mol. The van der Waals surface area contributed by atoms with E-state index in [1.54, 1.807) is 10.9 Å². The zero-order valence-corrected chi connectivity index (χ0v) is 16.0. The van der Waals surface area contributed by atoms with Gasteiger partial charge in [-0.3, -0.25) is 9.59 Å². The highest BCUT2D eigenvalue weighted by Crippen LogP contribution is 2.14. The first-order valence-corrected chi connectivity index (χ1v) is 9.26. The number of nitrogens with two attached hydrogens (primary N) is 1. The highest BCUT2D eigenvalue weighted by molar-refractivity contribution is 5.94. The van der Waals surface area contributed by atoms with E-state index in [0.717, 1.165) is 12.1 Å². The Morgan fingerprint density at radius 2 is 2.00 bits per heavy atom. The van der Waals surface area contributed by atoms with Crippen LogP contribution in [0.3, 0.4) is 0 Å². The van der Waals surface area contributed by atoms with Gasteiger partial charge in [-0.25, -0.2) is 23.7 Å². The lowest BCUT2D eigenvalue weighted by atomic mass is 10.2. The van der Waals surface area contributed by atoms with Crippen molar-refractivity contribution in [2.75, 3.05) is 18.9 Å². The number of hydrogen-bond acceptors (Lipinski definition) is 7. The number of hydrogen-bond donors (Lipinski definition) is 2. The van der Waals surface area contributed by atoms with E-state index in [9.17, 15) is 18.4 Å². The minimum Gasteiger partial charge on any atom is -0.466 e. The molecule has 0 spiro atoms. The number of carbonyl (C=O) groups is 2. The van der Waals surface area contributed by atoms with Gasteiger partial charge in [-0.1, -0.05) is 0 Å². The summed E-state index contributed by atoms with van der Waals surface area (Å²) >= 11 is 0. The van der Waals surface area contributed by atoms with Crippen LogP contribution in [0, 0.1) is 11.6 Å². The maximum absolute atomic E-state index is 13.5. The molecule has 0 bridgehead atoms. The van der Waals surface area contributed by atoms with Crippen LogP contribution in [-0.2, 0) is 16.1 Å². The van der Waals surface area contributed by atoms with Crippen molar-refractivity contribution in [3.8, 4) is 0 Å². The van der Waals surface area contributed by atoms with E-state index in [1.165, 1.54) is 6.33 Å². The Labute approximate surface area is 170 Å². The Balaban J connectivity index is 1.32. The lowest BCUT2D eigenvalue weighted by molar-refractivity contribution is -0.143. The molecule has 0 atom stereocenters. The van der Waals surface area contributed by atoms with Gasteiger partial charge in [0.25, 0.3) is 5.91 Å². The molecule has 2 heterocycles. The number of anilines is 1. The Hall–Kier alpha value is -3.63. The average molecular weight is 418 g/mol. The molecule has 0 saturated heterocycles. The second kappa shape index (κ2) is 9.72. The van der Waals surface area contributed by atoms with Crippen LogP contribution in [0.25, 0.3) is 11.2 Å². The molecule has 3 N–H and O–H groups in total. The van der Waals surface area contributed by atoms with Crippen molar-refractivity contribution in [2.24, 2.45) is 0 Å². The van der Waals surface area contributed by atoms with Crippen LogP contribution in [0.1, 0.15) is 29.6 Å². The van der Waals surface area contributed by atoms with Gasteiger partial charge in [0.2, 0.25) is 0 Å². The first-order chi connectivity index (χ1) is 14.5. The molecule has 0 radical (unpaired) electrons. The number of halogens is 2. The van der Waals surface area contributed by atoms with E-state index in [2.05, 4.69) is 20.3 Å². The van der Waals surface area contributed by atoms with Gasteiger partial charge in [0.05, 0.1) is 18.5 Å². The molecule has 1 aromatic carbocycles. The first kappa shape index (κ1) is 21.1. The van der Waals surface area contributed by atoms with Gasteiger partial charge in [-0.05, 0) is 25.0 Å². The Morgan fingerprint density at radius 1 is 1.17 bits per heavy atom. The molecule has 1 amide bonds. The predicted octanol–water partition coefficient (Wildman–Crippen LogP) is 1.83. The molecule has 0 unspecified atom stereocenters. The van der Waals surface area contributed by atoms with Crippen molar-refractivity contribution < 1.29 is 23.1 Å². The van der Waals surface area contributed by atoms with Gasteiger partial charge in [-0.15, -0.1) is 0 Å². The maximum Gasteiger partial charge on any atom is 0.305 e. The maximum atomic E-state index is 13.5. The second-order valence-corrected chi connectivity index (χ2v) is 6.43. The van der Waals surface area contributed by atoms with Crippen LogP contribution < -0.4 is 11.1 Å². The van der Waals surface area contributed by atoms with Crippen LogP contribution >= 0.6 is 0 Å². The van der Waals surface area contributed by atoms with Gasteiger partial charge in [0.1, 0.15) is 23.5 Å². The number of ether oxygens (including phenoxy) is 1. The molecule has 30 heavy (non-hydrogen) atoms. The summed E-state index contributed by atoms with van der Waals surface area (Å²) in [4.78, 5) is 35.8. The largest absolute Gasteiger partial charge is 0.466 e. The number of nitrogens with one attached hydrogen (secondary N) is 1. The van der Waals surface area contributed by atoms with Gasteiger partial charge in [0, 0.05) is 25.6 Å². The van der Waals surface area contributed by atoms with Crippen LogP contribution in [-0.4, -0.2) is 44.5 Å². The first-order valence-electron chi connectivity index (χ1n) is 9.26. The molecule has 0 aliphatic rings. The van der Waals surface area contributed by atoms with Crippen LogP contribution in [0.2, 0.25) is 0 Å². The number of nitrogens with zero attached hydrogens (tertiary/aromatic N) is 4. The van der Waals surface area contributed by atoms with E-state index in [0.29, 0.717) is 42.4 Å². The van der Waals surface area contributed by atoms with Crippen molar-refractivity contribution in [3.63, 3.8) is 0 Å². The van der Waals surface area contributed by atoms with Crippen LogP contribution in [0.5, 0.6) is 0 Å². The van der Waals surface area contributed by atoms with E-state index < -0.39 is 23.5 Å². The number of benzene rings is 1. The quantitative estimate of drug-likeness (QED) is 0.401. The fourth-order valence-corrected chi connectivity index (χ4v) is 2.76. The summed E-state index contributed by atoms with van der Waals surface area (Å²) in [5, 5.41) is 2.48. The zero-order chi connectivity index (χ0) is 21.5. The molecule has 0 aliphatic carbocycles. The van der Waals surface area contributed by atoms with Crippen molar-refractivity contribution in [3.05, 3.63) is 48.1 Å². The smallest absolute Gasteiger partial charge is 0.305 e. The van der Waals surface area contributed by atoms with Gasteiger partial charge in [0.15, 0.2) is 11.5 Å². The van der Waals surface area contributed by atoms with Gasteiger partial charge >= 0.3 is 5.97 Å². The fourth-order valence-electron chi connectivity index (χ4n) is 2.76. The summed E-state index contributed by atoms with van der Waals surface area (Å²) in [5.41, 5.74) is 6.62. The number of esters is 1. The number of carbonyl (C=O) groups excluding carboxylic acids is 2. The molecule has 0 aliphatic heterocycles. The molecule has 9 nitrogen and oxygen atoms in total. The number of aromatic nitrogens is 4. The number of rotatable bonds is 9. The summed E-state index contributed by atoms with van der Waals surface area (Å²) in [6, 6.07) is 2.71. The lowest BCUT2D eigenvalue weighted by Gasteiger charge is -2.07. The third kappa shape index (κ3) is 5.25. The summed E-state index contributed by atoms with van der Waals surface area (Å²) < 4.78 is 33.3. The lowest BCUT2D eigenvalue weighted by Crippen LogP contribution is -2.26. The zero-order valence-electron chi connectivity index (χ0n) is 16.0. The molecule has 3 rings (SSSR count). The molecule has 11 heteroatoms. The van der Waals surface area contributed by atoms with Crippen molar-refractivity contribution >= 4 is 28.9 Å². The van der Waals surface area contributed by atoms with Crippen molar-refractivity contribution in [1.29, 1.82) is 0 Å². The molecule has 0 saturated carbocycles. The average Bonchev–Trinajstić information content (AvgIpc) is 3.13. The number of imidazole rings is 1. The van der Waals surface area contributed by atoms with Crippen molar-refractivity contribution in [1.82, 2.24) is 24.8 Å². The van der Waals surface area contributed by atoms with E-state index in [-0.39, 0.29) is 25.1 Å². The summed E-state index contributed by atoms with van der Waals surface area (Å²) in [6.07, 6.45) is 3.95. The normalized spacial score (nSPS) is 10.9. The number of amides is 1. The molecular weight excluding hydrogens is 398 g/mol. The van der Waals surface area contributed by atoms with E-state index in [4.69, 9.17) is 10.5 Å².